The number of carbonyl (C=O) groups excluding carboxylic acids is 1. The van der Waals surface area contributed by atoms with Gasteiger partial charge in [0.05, 0.1) is 11.2 Å². The highest BCUT2D eigenvalue weighted by Crippen LogP contribution is 2.45. The summed E-state index contributed by atoms with van der Waals surface area (Å²) in [7, 11) is 0. The molecule has 24 heavy (non-hydrogen) atoms. The molecule has 1 aromatic rings. The van der Waals surface area contributed by atoms with Crippen LogP contribution < -0.4 is 0 Å². The van der Waals surface area contributed by atoms with Gasteiger partial charge in [-0.3, -0.25) is 0 Å². The number of nitriles is 1. The molecule has 0 saturated carbocycles. The average Bonchev–Trinajstić information content (AvgIpc) is 2.57. The van der Waals surface area contributed by atoms with E-state index in [4.69, 9.17) is 16.3 Å². The summed E-state index contributed by atoms with van der Waals surface area (Å²) < 4.78 is 5.31. The molecule has 6 heteroatoms. The topological polar surface area (TPSA) is 50.1 Å². The van der Waals surface area contributed by atoms with Crippen molar-refractivity contribution >= 4 is 41.1 Å². The Hall–Kier alpha value is -1.09. The summed E-state index contributed by atoms with van der Waals surface area (Å²) in [6.07, 6.45) is 1.18. The Morgan fingerprint density at radius 2 is 2.17 bits per heavy atom. The number of esters is 1. The van der Waals surface area contributed by atoms with E-state index in [0.717, 1.165) is 22.6 Å². The minimum absolute atomic E-state index is 0.0435. The second-order valence-corrected chi connectivity index (χ2v) is 8.62. The van der Waals surface area contributed by atoms with Crippen molar-refractivity contribution in [1.29, 1.82) is 5.26 Å². The highest BCUT2D eigenvalue weighted by atomic mass is 35.5. The largest absolute Gasteiger partial charge is 0.462 e. The molecule has 1 aliphatic heterocycles. The summed E-state index contributed by atoms with van der Waals surface area (Å²) in [4.78, 5) is 12.2. The Labute approximate surface area is 156 Å². The number of thioether (sulfide) groups is 2. The zero-order chi connectivity index (χ0) is 17.5. The first kappa shape index (κ1) is 19.2. The second-order valence-electron chi connectivity index (χ2n) is 5.39. The summed E-state index contributed by atoms with van der Waals surface area (Å²) in [6.45, 7) is 3.85. The van der Waals surface area contributed by atoms with E-state index in [2.05, 4.69) is 0 Å². The van der Waals surface area contributed by atoms with E-state index in [1.165, 1.54) is 6.42 Å². The maximum Gasteiger partial charge on any atom is 0.348 e. The van der Waals surface area contributed by atoms with Crippen molar-refractivity contribution < 1.29 is 9.53 Å². The molecule has 1 aromatic carbocycles. The Kier molecular flexibility index (Phi) is 7.54. The Morgan fingerprint density at radius 3 is 2.75 bits per heavy atom. The number of carbonyl (C=O) groups is 1. The van der Waals surface area contributed by atoms with Gasteiger partial charge >= 0.3 is 5.97 Å². The maximum atomic E-state index is 12.2. The van der Waals surface area contributed by atoms with Gasteiger partial charge in [0.1, 0.15) is 11.6 Å². The molecule has 1 unspecified atom stereocenters. The molecule has 2 rings (SSSR count). The number of rotatable bonds is 5. The first-order valence-electron chi connectivity index (χ1n) is 7.85. The van der Waals surface area contributed by atoms with E-state index < -0.39 is 5.97 Å². The van der Waals surface area contributed by atoms with E-state index in [1.807, 2.05) is 60.8 Å². The number of ether oxygens (including phenoxy) is 1. The van der Waals surface area contributed by atoms with Crippen LogP contribution in [-0.4, -0.2) is 28.7 Å². The predicted molar refractivity (Wildman–Crippen MR) is 102 cm³/mol. The summed E-state index contributed by atoms with van der Waals surface area (Å²) >= 11 is 9.93. The van der Waals surface area contributed by atoms with Gasteiger partial charge in [0.2, 0.25) is 0 Å². The Bertz CT molecular complexity index is 663. The van der Waals surface area contributed by atoms with Crippen LogP contribution in [0.3, 0.4) is 0 Å². The number of hydrogen-bond donors (Lipinski definition) is 0. The first-order valence-corrected chi connectivity index (χ1v) is 10.3. The maximum absolute atomic E-state index is 12.2. The molecule has 1 saturated heterocycles. The SMILES string of the molecule is CCOC(=O)C(C#N)=C(C)C(c1cccc(Cl)c1)C1SCCCS1. The molecule has 1 aliphatic rings. The van der Waals surface area contributed by atoms with Gasteiger partial charge in [0.25, 0.3) is 0 Å². The lowest BCUT2D eigenvalue weighted by Crippen LogP contribution is -2.21. The zero-order valence-corrected chi connectivity index (χ0v) is 16.1. The van der Waals surface area contributed by atoms with Crippen molar-refractivity contribution in [1.82, 2.24) is 0 Å². The Balaban J connectivity index is 2.48. The molecule has 1 heterocycles. The first-order chi connectivity index (χ1) is 11.6. The molecule has 0 amide bonds. The quantitative estimate of drug-likeness (QED) is 0.407. The highest BCUT2D eigenvalue weighted by molar-refractivity contribution is 8.17. The van der Waals surface area contributed by atoms with E-state index >= 15 is 0 Å². The van der Waals surface area contributed by atoms with Crippen LogP contribution in [0.25, 0.3) is 0 Å². The molecule has 0 radical (unpaired) electrons. The summed E-state index contributed by atoms with van der Waals surface area (Å²) in [5.74, 6) is 1.58. The molecule has 128 valence electrons. The summed E-state index contributed by atoms with van der Waals surface area (Å²) in [5, 5.41) is 10.2. The number of nitrogens with zero attached hydrogens (tertiary/aromatic N) is 1. The summed E-state index contributed by atoms with van der Waals surface area (Å²) in [6, 6.07) is 9.72. The lowest BCUT2D eigenvalue weighted by atomic mass is 9.90. The average molecular weight is 382 g/mol. The van der Waals surface area contributed by atoms with Crippen LogP contribution in [0.2, 0.25) is 5.02 Å². The van der Waals surface area contributed by atoms with E-state index in [-0.39, 0.29) is 22.7 Å². The van der Waals surface area contributed by atoms with Gasteiger partial charge in [-0.1, -0.05) is 23.7 Å². The second kappa shape index (κ2) is 9.41. The highest BCUT2D eigenvalue weighted by Gasteiger charge is 2.31. The third-order valence-electron chi connectivity index (χ3n) is 3.79. The Morgan fingerprint density at radius 1 is 1.46 bits per heavy atom. The monoisotopic (exact) mass is 381 g/mol. The molecule has 0 spiro atoms. The molecule has 0 N–H and O–H groups in total. The zero-order valence-electron chi connectivity index (χ0n) is 13.8. The molecule has 1 fully saturated rings. The van der Waals surface area contributed by atoms with Crippen LogP contribution >= 0.6 is 35.1 Å². The molecule has 3 nitrogen and oxygen atoms in total. The minimum atomic E-state index is -0.546. The number of allylic oxidation sites excluding steroid dienone is 1. The minimum Gasteiger partial charge on any atom is -0.462 e. The fraction of sp³-hybridized carbons (Fsp3) is 0.444. The van der Waals surface area contributed by atoms with E-state index in [9.17, 15) is 10.1 Å². The third-order valence-corrected chi connectivity index (χ3v) is 7.09. The molecule has 1 atom stereocenters. The van der Waals surface area contributed by atoms with E-state index in [0.29, 0.717) is 5.02 Å². The van der Waals surface area contributed by atoms with Crippen molar-refractivity contribution in [2.24, 2.45) is 0 Å². The fourth-order valence-electron chi connectivity index (χ4n) is 2.66. The van der Waals surface area contributed by atoms with Gasteiger partial charge in [0.15, 0.2) is 0 Å². The summed E-state index contributed by atoms with van der Waals surface area (Å²) in [5.41, 5.74) is 1.89. The van der Waals surface area contributed by atoms with Crippen LogP contribution in [0.5, 0.6) is 0 Å². The molecular weight excluding hydrogens is 362 g/mol. The van der Waals surface area contributed by atoms with Crippen molar-refractivity contribution in [2.75, 3.05) is 18.1 Å². The van der Waals surface area contributed by atoms with Crippen LogP contribution in [0.4, 0.5) is 0 Å². The molecule has 0 bridgehead atoms. The lowest BCUT2D eigenvalue weighted by molar-refractivity contribution is -0.138. The van der Waals surface area contributed by atoms with E-state index in [1.54, 1.807) is 6.92 Å². The van der Waals surface area contributed by atoms with Crippen molar-refractivity contribution in [3.63, 3.8) is 0 Å². The standard InChI is InChI=1S/C18H20ClNO2S2/c1-3-22-17(21)15(11-20)12(2)16(18-23-8-5-9-24-18)13-6-4-7-14(19)10-13/h4,6-7,10,16,18H,3,5,8-9H2,1-2H3. The van der Waals surface area contributed by atoms with Gasteiger partial charge in [-0.05, 0) is 55.0 Å². The van der Waals surface area contributed by atoms with Crippen LogP contribution in [0.15, 0.2) is 35.4 Å². The van der Waals surface area contributed by atoms with Crippen LogP contribution in [-0.2, 0) is 9.53 Å². The van der Waals surface area contributed by atoms with Crippen molar-refractivity contribution in [2.45, 2.75) is 30.8 Å². The third kappa shape index (κ3) is 4.72. The van der Waals surface area contributed by atoms with Gasteiger partial charge in [-0.2, -0.15) is 5.26 Å². The van der Waals surface area contributed by atoms with Crippen LogP contribution in [0, 0.1) is 11.3 Å². The fourth-order valence-corrected chi connectivity index (χ4v) is 6.20. The van der Waals surface area contributed by atoms with Crippen molar-refractivity contribution in [3.8, 4) is 6.07 Å². The van der Waals surface area contributed by atoms with Gasteiger partial charge < -0.3 is 4.74 Å². The van der Waals surface area contributed by atoms with Crippen molar-refractivity contribution in [3.05, 3.63) is 46.0 Å². The smallest absolute Gasteiger partial charge is 0.348 e. The number of halogens is 1. The number of hydrogen-bond acceptors (Lipinski definition) is 5. The predicted octanol–water partition coefficient (Wildman–Crippen LogP) is 5.02. The molecular formula is C18H20ClNO2S2. The molecule has 0 aliphatic carbocycles. The van der Waals surface area contributed by atoms with Gasteiger partial charge in [-0.25, -0.2) is 4.79 Å². The van der Waals surface area contributed by atoms with Crippen LogP contribution in [0.1, 0.15) is 31.7 Å². The molecule has 0 aromatic heterocycles. The van der Waals surface area contributed by atoms with Gasteiger partial charge in [0, 0.05) is 10.9 Å². The normalized spacial score (nSPS) is 17.6. The number of benzene rings is 1. The van der Waals surface area contributed by atoms with Gasteiger partial charge in [-0.15, -0.1) is 23.5 Å². The lowest BCUT2D eigenvalue weighted by Gasteiger charge is -2.31.